The monoisotopic (exact) mass is 343 g/mol. The van der Waals surface area contributed by atoms with Gasteiger partial charge in [-0.3, -0.25) is 0 Å². The number of hydrogen-bond acceptors (Lipinski definition) is 2. The Labute approximate surface area is 114 Å². The Kier molecular flexibility index (Phi) is 5.37. The van der Waals surface area contributed by atoms with E-state index in [1.807, 2.05) is 0 Å². The molecule has 1 unspecified atom stereocenters. The smallest absolute Gasteiger partial charge is 0.211 e. The molecular weight excluding hydrogens is 333 g/mol. The van der Waals surface area contributed by atoms with Gasteiger partial charge < -0.3 is 0 Å². The van der Waals surface area contributed by atoms with E-state index in [0.717, 1.165) is 6.07 Å². The number of sulfonamides is 1. The fourth-order valence-electron chi connectivity index (χ4n) is 1.16. The Balaban J connectivity index is 2.83. The van der Waals surface area contributed by atoms with E-state index in [9.17, 15) is 12.8 Å². The van der Waals surface area contributed by atoms with Gasteiger partial charge in [0, 0.05) is 16.4 Å². The summed E-state index contributed by atoms with van der Waals surface area (Å²) in [7, 11) is -3.81. The molecule has 0 aliphatic rings. The fourth-order valence-corrected chi connectivity index (χ4v) is 2.71. The number of hydrogen-bond donors (Lipinski definition) is 1. The molecule has 0 spiro atoms. The number of nitrogens with one attached hydrogen (secondary N) is 1. The number of alkyl halides is 1. The molecule has 1 rings (SSSR count). The van der Waals surface area contributed by atoms with Crippen molar-refractivity contribution in [2.75, 3.05) is 6.54 Å². The lowest BCUT2D eigenvalue weighted by atomic mass is 10.3. The van der Waals surface area contributed by atoms with E-state index in [4.69, 9.17) is 11.6 Å². The van der Waals surface area contributed by atoms with Crippen LogP contribution in [0.1, 0.15) is 13.3 Å². The van der Waals surface area contributed by atoms with E-state index < -0.39 is 15.8 Å². The van der Waals surface area contributed by atoms with Crippen LogP contribution in [-0.2, 0) is 10.0 Å². The minimum absolute atomic E-state index is 0.132. The largest absolute Gasteiger partial charge is 0.243 e. The summed E-state index contributed by atoms with van der Waals surface area (Å²) < 4.78 is 39.7. The summed E-state index contributed by atoms with van der Waals surface area (Å²) in [6.45, 7) is 1.94. The first-order valence-corrected chi connectivity index (χ1v) is 7.63. The zero-order valence-electron chi connectivity index (χ0n) is 9.08. The van der Waals surface area contributed by atoms with Crippen molar-refractivity contribution in [3.05, 3.63) is 28.5 Å². The third-order valence-corrected chi connectivity index (χ3v) is 4.22. The van der Waals surface area contributed by atoms with Gasteiger partial charge in [-0.15, -0.1) is 11.6 Å². The van der Waals surface area contributed by atoms with Gasteiger partial charge in [0.2, 0.25) is 10.0 Å². The molecule has 0 bridgehead atoms. The van der Waals surface area contributed by atoms with Crippen molar-refractivity contribution in [3.8, 4) is 0 Å². The Morgan fingerprint density at radius 2 is 2.18 bits per heavy atom. The van der Waals surface area contributed by atoms with E-state index in [0.29, 0.717) is 10.9 Å². The molecule has 1 atom stereocenters. The predicted molar refractivity (Wildman–Crippen MR) is 69.2 cm³/mol. The molecule has 1 aromatic carbocycles. The maximum absolute atomic E-state index is 13.5. The van der Waals surface area contributed by atoms with Crippen LogP contribution >= 0.6 is 27.5 Å². The zero-order valence-corrected chi connectivity index (χ0v) is 12.2. The minimum Gasteiger partial charge on any atom is -0.211 e. The summed E-state index contributed by atoms with van der Waals surface area (Å²) >= 11 is 8.75. The summed E-state index contributed by atoms with van der Waals surface area (Å²) in [6.07, 6.45) is 0.485. The van der Waals surface area contributed by atoms with Crippen LogP contribution in [0.4, 0.5) is 4.39 Å². The highest BCUT2D eigenvalue weighted by molar-refractivity contribution is 9.10. The predicted octanol–water partition coefficient (Wildman–Crippen LogP) is 2.88. The Bertz CT molecular complexity index is 493. The summed E-state index contributed by atoms with van der Waals surface area (Å²) in [5.41, 5.74) is 0. The molecule has 1 N–H and O–H groups in total. The average Bonchev–Trinajstić information content (AvgIpc) is 2.15. The lowest BCUT2D eigenvalue weighted by molar-refractivity contribution is 0.555. The van der Waals surface area contributed by atoms with Crippen molar-refractivity contribution in [1.82, 2.24) is 4.72 Å². The molecule has 0 radical (unpaired) electrons. The molecule has 17 heavy (non-hydrogen) atoms. The van der Waals surface area contributed by atoms with Gasteiger partial charge in [-0.2, -0.15) is 0 Å². The Morgan fingerprint density at radius 1 is 1.53 bits per heavy atom. The van der Waals surface area contributed by atoms with Crippen molar-refractivity contribution in [2.45, 2.75) is 23.6 Å². The van der Waals surface area contributed by atoms with Gasteiger partial charge >= 0.3 is 0 Å². The molecule has 1 aromatic rings. The molecule has 0 heterocycles. The molecule has 0 aromatic heterocycles. The average molecular weight is 345 g/mol. The van der Waals surface area contributed by atoms with Crippen molar-refractivity contribution in [3.63, 3.8) is 0 Å². The van der Waals surface area contributed by atoms with Gasteiger partial charge in [-0.25, -0.2) is 17.5 Å². The van der Waals surface area contributed by atoms with Crippen molar-refractivity contribution in [2.24, 2.45) is 0 Å². The Morgan fingerprint density at radius 3 is 2.71 bits per heavy atom. The molecule has 7 heteroatoms. The normalized spacial score (nSPS) is 13.6. The SMILES string of the molecule is CC(Cl)CCNS(=O)(=O)c1ccc(Br)cc1F. The van der Waals surface area contributed by atoms with Crippen LogP contribution in [-0.4, -0.2) is 20.3 Å². The van der Waals surface area contributed by atoms with Gasteiger partial charge in [-0.05, 0) is 31.5 Å². The molecular formula is C10H12BrClFNO2S. The van der Waals surface area contributed by atoms with E-state index in [1.54, 1.807) is 6.92 Å². The van der Waals surface area contributed by atoms with E-state index >= 15 is 0 Å². The van der Waals surface area contributed by atoms with Crippen LogP contribution in [0.15, 0.2) is 27.6 Å². The van der Waals surface area contributed by atoms with Crippen LogP contribution in [0.2, 0.25) is 0 Å². The fraction of sp³-hybridized carbons (Fsp3) is 0.400. The Hall–Kier alpha value is -0.170. The molecule has 0 amide bonds. The summed E-state index contributed by atoms with van der Waals surface area (Å²) in [4.78, 5) is -0.358. The van der Waals surface area contributed by atoms with Gasteiger partial charge in [0.05, 0.1) is 0 Å². The quantitative estimate of drug-likeness (QED) is 0.835. The van der Waals surface area contributed by atoms with Crippen molar-refractivity contribution >= 4 is 37.6 Å². The summed E-state index contributed by atoms with van der Waals surface area (Å²) in [5.74, 6) is -0.786. The van der Waals surface area contributed by atoms with Crippen LogP contribution in [0.3, 0.4) is 0 Å². The highest BCUT2D eigenvalue weighted by Crippen LogP contribution is 2.19. The lowest BCUT2D eigenvalue weighted by Crippen LogP contribution is -2.26. The molecule has 0 fully saturated rings. The maximum Gasteiger partial charge on any atom is 0.243 e. The molecule has 0 aliphatic heterocycles. The molecule has 0 saturated carbocycles. The highest BCUT2D eigenvalue weighted by Gasteiger charge is 2.18. The minimum atomic E-state index is -3.81. The van der Waals surface area contributed by atoms with E-state index in [-0.39, 0.29) is 16.8 Å². The number of halogens is 3. The van der Waals surface area contributed by atoms with Gasteiger partial charge in [-0.1, -0.05) is 15.9 Å². The van der Waals surface area contributed by atoms with Gasteiger partial charge in [0.1, 0.15) is 10.7 Å². The number of rotatable bonds is 5. The zero-order chi connectivity index (χ0) is 13.1. The molecule has 96 valence electrons. The second-order valence-corrected chi connectivity index (χ2v) is 6.94. The van der Waals surface area contributed by atoms with Gasteiger partial charge in [0.25, 0.3) is 0 Å². The van der Waals surface area contributed by atoms with Gasteiger partial charge in [0.15, 0.2) is 0 Å². The molecule has 0 aliphatic carbocycles. The molecule has 0 saturated heterocycles. The van der Waals surface area contributed by atoms with Crippen molar-refractivity contribution < 1.29 is 12.8 Å². The van der Waals surface area contributed by atoms with Crippen LogP contribution in [0.25, 0.3) is 0 Å². The van der Waals surface area contributed by atoms with Crippen molar-refractivity contribution in [1.29, 1.82) is 0 Å². The van der Waals surface area contributed by atoms with E-state index in [2.05, 4.69) is 20.7 Å². The second-order valence-electron chi connectivity index (χ2n) is 3.54. The first-order valence-electron chi connectivity index (χ1n) is 4.91. The maximum atomic E-state index is 13.5. The van der Waals surface area contributed by atoms with E-state index in [1.165, 1.54) is 12.1 Å². The highest BCUT2D eigenvalue weighted by atomic mass is 79.9. The third kappa shape index (κ3) is 4.54. The summed E-state index contributed by atoms with van der Waals surface area (Å²) in [5, 5.41) is -0.132. The van der Waals surface area contributed by atoms with Crippen LogP contribution in [0, 0.1) is 5.82 Å². The number of benzene rings is 1. The van der Waals surface area contributed by atoms with Crippen LogP contribution < -0.4 is 4.72 Å². The summed E-state index contributed by atoms with van der Waals surface area (Å²) in [6, 6.07) is 3.80. The first-order chi connectivity index (χ1) is 7.83. The first kappa shape index (κ1) is 14.9. The lowest BCUT2D eigenvalue weighted by Gasteiger charge is -2.08. The second kappa shape index (κ2) is 6.13. The van der Waals surface area contributed by atoms with Crippen LogP contribution in [0.5, 0.6) is 0 Å². The standard InChI is InChI=1S/C10H12BrClFNO2S/c1-7(12)4-5-14-17(15,16)10-3-2-8(11)6-9(10)13/h2-3,6-7,14H,4-5H2,1H3. The topological polar surface area (TPSA) is 46.2 Å². The molecule has 3 nitrogen and oxygen atoms in total. The third-order valence-electron chi connectivity index (χ3n) is 2.02.